The maximum atomic E-state index is 11.1. The Morgan fingerprint density at radius 3 is 2.25 bits per heavy atom. The summed E-state index contributed by atoms with van der Waals surface area (Å²) in [5.41, 5.74) is 5.28. The Morgan fingerprint density at radius 2 is 1.70 bits per heavy atom. The van der Waals surface area contributed by atoms with Crippen molar-refractivity contribution in [1.82, 2.24) is 4.98 Å². The highest BCUT2D eigenvalue weighted by Gasteiger charge is 2.05. The Hall–Kier alpha value is -2.16. The third-order valence-corrected chi connectivity index (χ3v) is 3.17. The fraction of sp³-hybridized carbons (Fsp3) is 0.294. The number of hydrogen-bond acceptors (Lipinski definition) is 2. The first kappa shape index (κ1) is 14.3. The zero-order valence-electron chi connectivity index (χ0n) is 12.2. The topological polar surface area (TPSA) is 42.0 Å². The molecule has 1 aromatic carbocycles. The quantitative estimate of drug-likeness (QED) is 0.915. The zero-order chi connectivity index (χ0) is 14.5. The number of nitrogens with zero attached hydrogens (tertiary/aromatic N) is 1. The number of amides is 1. The van der Waals surface area contributed by atoms with Gasteiger partial charge < -0.3 is 5.32 Å². The first-order valence-corrected chi connectivity index (χ1v) is 7.00. The molecule has 2 rings (SSSR count). The SMILES string of the molecule is CCc1cc(-c2cccc(NC(C)=O)c2)cc(CC)n1. The molecule has 0 spiro atoms. The lowest BCUT2D eigenvalue weighted by atomic mass is 10.0. The van der Waals surface area contributed by atoms with Crippen LogP contribution in [0.4, 0.5) is 5.69 Å². The second-order valence-corrected chi connectivity index (χ2v) is 4.81. The Labute approximate surface area is 120 Å². The number of nitrogens with one attached hydrogen (secondary N) is 1. The molecule has 0 bridgehead atoms. The average molecular weight is 268 g/mol. The van der Waals surface area contributed by atoms with Crippen molar-refractivity contribution in [3.63, 3.8) is 0 Å². The number of pyridine rings is 1. The van der Waals surface area contributed by atoms with E-state index in [1.807, 2.05) is 18.2 Å². The van der Waals surface area contributed by atoms with Gasteiger partial charge in [-0.15, -0.1) is 0 Å². The van der Waals surface area contributed by atoms with E-state index in [4.69, 9.17) is 0 Å². The number of benzene rings is 1. The summed E-state index contributed by atoms with van der Waals surface area (Å²) < 4.78 is 0. The number of aryl methyl sites for hydroxylation is 2. The van der Waals surface area contributed by atoms with Crippen LogP contribution in [0.2, 0.25) is 0 Å². The van der Waals surface area contributed by atoms with Crippen LogP contribution in [0.3, 0.4) is 0 Å². The zero-order valence-corrected chi connectivity index (χ0v) is 12.2. The Bertz CT molecular complexity index is 598. The predicted molar refractivity (Wildman–Crippen MR) is 82.7 cm³/mol. The van der Waals surface area contributed by atoms with Crippen LogP contribution < -0.4 is 5.32 Å². The van der Waals surface area contributed by atoms with Gasteiger partial charge in [-0.3, -0.25) is 9.78 Å². The molecular weight excluding hydrogens is 248 g/mol. The molecule has 0 atom stereocenters. The van der Waals surface area contributed by atoms with Crippen molar-refractivity contribution in [2.45, 2.75) is 33.6 Å². The van der Waals surface area contributed by atoms with Crippen molar-refractivity contribution in [2.24, 2.45) is 0 Å². The number of hydrogen-bond donors (Lipinski definition) is 1. The molecule has 1 heterocycles. The normalized spacial score (nSPS) is 10.3. The van der Waals surface area contributed by atoms with Gasteiger partial charge in [-0.2, -0.15) is 0 Å². The van der Waals surface area contributed by atoms with E-state index >= 15 is 0 Å². The molecule has 0 fully saturated rings. The Morgan fingerprint density at radius 1 is 1.05 bits per heavy atom. The molecule has 0 aliphatic heterocycles. The standard InChI is InChI=1S/C17H20N2O/c1-4-15-10-14(11-16(5-2)19-15)13-7-6-8-17(9-13)18-12(3)20/h6-11H,4-5H2,1-3H3,(H,18,20). The van der Waals surface area contributed by atoms with Crippen molar-refractivity contribution in [3.05, 3.63) is 47.8 Å². The third-order valence-electron chi connectivity index (χ3n) is 3.17. The van der Waals surface area contributed by atoms with E-state index in [2.05, 4.69) is 42.3 Å². The molecule has 0 unspecified atom stereocenters. The monoisotopic (exact) mass is 268 g/mol. The molecule has 1 N–H and O–H groups in total. The Kier molecular flexibility index (Phi) is 4.51. The van der Waals surface area contributed by atoms with E-state index < -0.39 is 0 Å². The highest BCUT2D eigenvalue weighted by molar-refractivity contribution is 5.89. The molecule has 0 radical (unpaired) electrons. The highest BCUT2D eigenvalue weighted by Crippen LogP contribution is 2.24. The number of anilines is 1. The maximum absolute atomic E-state index is 11.1. The van der Waals surface area contributed by atoms with Crippen molar-refractivity contribution in [1.29, 1.82) is 0 Å². The summed E-state index contributed by atoms with van der Waals surface area (Å²) in [7, 11) is 0. The van der Waals surface area contributed by atoms with Crippen LogP contribution >= 0.6 is 0 Å². The van der Waals surface area contributed by atoms with Crippen LogP contribution in [0.15, 0.2) is 36.4 Å². The van der Waals surface area contributed by atoms with Crippen molar-refractivity contribution in [2.75, 3.05) is 5.32 Å². The average Bonchev–Trinajstić information content (AvgIpc) is 2.46. The molecule has 20 heavy (non-hydrogen) atoms. The van der Waals surface area contributed by atoms with Crippen LogP contribution in [0.25, 0.3) is 11.1 Å². The summed E-state index contributed by atoms with van der Waals surface area (Å²) in [5.74, 6) is -0.0552. The van der Waals surface area contributed by atoms with Gasteiger partial charge in [0.1, 0.15) is 0 Å². The van der Waals surface area contributed by atoms with Gasteiger partial charge in [0.2, 0.25) is 5.91 Å². The summed E-state index contributed by atoms with van der Waals surface area (Å²) in [6.45, 7) is 5.74. The summed E-state index contributed by atoms with van der Waals surface area (Å²) in [6, 6.07) is 12.1. The first-order chi connectivity index (χ1) is 9.62. The molecular formula is C17H20N2O. The van der Waals surface area contributed by atoms with Crippen molar-refractivity contribution in [3.8, 4) is 11.1 Å². The van der Waals surface area contributed by atoms with Crippen LogP contribution in [0.1, 0.15) is 32.2 Å². The molecule has 0 saturated carbocycles. The molecule has 0 saturated heterocycles. The predicted octanol–water partition coefficient (Wildman–Crippen LogP) is 3.83. The first-order valence-electron chi connectivity index (χ1n) is 7.00. The number of rotatable bonds is 4. The van der Waals surface area contributed by atoms with Gasteiger partial charge in [-0.05, 0) is 48.2 Å². The van der Waals surface area contributed by atoms with Gasteiger partial charge in [-0.1, -0.05) is 26.0 Å². The van der Waals surface area contributed by atoms with E-state index in [9.17, 15) is 4.79 Å². The summed E-state index contributed by atoms with van der Waals surface area (Å²) in [4.78, 5) is 15.7. The van der Waals surface area contributed by atoms with Gasteiger partial charge in [0.25, 0.3) is 0 Å². The van der Waals surface area contributed by atoms with Crippen LogP contribution in [-0.2, 0) is 17.6 Å². The number of carbonyl (C=O) groups excluding carboxylic acids is 1. The molecule has 1 aromatic heterocycles. The summed E-state index contributed by atoms with van der Waals surface area (Å²) in [5, 5.41) is 2.82. The molecule has 104 valence electrons. The minimum Gasteiger partial charge on any atom is -0.326 e. The molecule has 2 aromatic rings. The molecule has 3 nitrogen and oxygen atoms in total. The van der Waals surface area contributed by atoms with Gasteiger partial charge in [-0.25, -0.2) is 0 Å². The van der Waals surface area contributed by atoms with E-state index in [1.54, 1.807) is 0 Å². The largest absolute Gasteiger partial charge is 0.326 e. The minimum atomic E-state index is -0.0552. The summed E-state index contributed by atoms with van der Waals surface area (Å²) >= 11 is 0. The van der Waals surface area contributed by atoms with Crippen LogP contribution in [-0.4, -0.2) is 10.9 Å². The lowest BCUT2D eigenvalue weighted by molar-refractivity contribution is -0.114. The van der Waals surface area contributed by atoms with Crippen molar-refractivity contribution < 1.29 is 4.79 Å². The van der Waals surface area contributed by atoms with E-state index in [1.165, 1.54) is 6.92 Å². The highest BCUT2D eigenvalue weighted by atomic mass is 16.1. The lowest BCUT2D eigenvalue weighted by Gasteiger charge is -2.09. The minimum absolute atomic E-state index is 0.0552. The van der Waals surface area contributed by atoms with Crippen LogP contribution in [0, 0.1) is 0 Å². The second kappa shape index (κ2) is 6.33. The second-order valence-electron chi connectivity index (χ2n) is 4.81. The van der Waals surface area contributed by atoms with E-state index in [-0.39, 0.29) is 5.91 Å². The fourth-order valence-corrected chi connectivity index (χ4v) is 2.16. The lowest BCUT2D eigenvalue weighted by Crippen LogP contribution is -2.05. The third kappa shape index (κ3) is 3.44. The summed E-state index contributed by atoms with van der Waals surface area (Å²) in [6.07, 6.45) is 1.85. The van der Waals surface area contributed by atoms with Crippen LogP contribution in [0.5, 0.6) is 0 Å². The molecule has 3 heteroatoms. The fourth-order valence-electron chi connectivity index (χ4n) is 2.16. The van der Waals surface area contributed by atoms with E-state index in [0.717, 1.165) is 41.0 Å². The van der Waals surface area contributed by atoms with Gasteiger partial charge in [0, 0.05) is 24.0 Å². The number of carbonyl (C=O) groups is 1. The van der Waals surface area contributed by atoms with Gasteiger partial charge in [0.15, 0.2) is 0 Å². The van der Waals surface area contributed by atoms with E-state index in [0.29, 0.717) is 0 Å². The number of aromatic nitrogens is 1. The molecule has 1 amide bonds. The van der Waals surface area contributed by atoms with Gasteiger partial charge >= 0.3 is 0 Å². The molecule has 0 aliphatic rings. The molecule has 0 aliphatic carbocycles. The van der Waals surface area contributed by atoms with Crippen molar-refractivity contribution >= 4 is 11.6 Å². The Balaban J connectivity index is 2.42. The smallest absolute Gasteiger partial charge is 0.221 e. The van der Waals surface area contributed by atoms with Gasteiger partial charge in [0.05, 0.1) is 0 Å². The maximum Gasteiger partial charge on any atom is 0.221 e.